The molecule has 1 aliphatic heterocycles. The second-order valence-electron chi connectivity index (χ2n) is 6.80. The molecule has 1 N–H and O–H groups in total. The van der Waals surface area contributed by atoms with Gasteiger partial charge in [-0.15, -0.1) is 10.2 Å². The van der Waals surface area contributed by atoms with Crippen molar-refractivity contribution in [2.75, 3.05) is 16.8 Å². The lowest BCUT2D eigenvalue weighted by molar-refractivity contribution is -0.122. The predicted octanol–water partition coefficient (Wildman–Crippen LogP) is 4.57. The topological polar surface area (TPSA) is 75.2 Å². The highest BCUT2D eigenvalue weighted by atomic mass is 35.5. The molecule has 4 rings (SSSR count). The zero-order valence-corrected chi connectivity index (χ0v) is 17.8. The lowest BCUT2D eigenvalue weighted by Crippen LogP contribution is -2.28. The number of aromatic nitrogens is 2. The Balaban J connectivity index is 1.38. The van der Waals surface area contributed by atoms with Crippen molar-refractivity contribution >= 4 is 57.2 Å². The fourth-order valence-corrected chi connectivity index (χ4v) is 4.22. The number of rotatable bonds is 5. The summed E-state index contributed by atoms with van der Waals surface area (Å²) in [4.78, 5) is 26.4. The molecule has 0 saturated carbocycles. The standard InChI is InChI=1S/C20H15Cl2FN4O2S/c21-13-3-1-11(2-4-13)7-17-25-26-20(30-17)24-19(29)12-8-18(28)27(10-12)14-5-6-16(23)15(22)9-14/h1-6,9,12H,7-8,10H2,(H,24,26,29). The van der Waals surface area contributed by atoms with Crippen LogP contribution < -0.4 is 10.2 Å². The quantitative estimate of drug-likeness (QED) is 0.599. The Labute approximate surface area is 185 Å². The van der Waals surface area contributed by atoms with Gasteiger partial charge >= 0.3 is 0 Å². The Morgan fingerprint density at radius 1 is 1.20 bits per heavy atom. The fraction of sp³-hybridized carbons (Fsp3) is 0.200. The van der Waals surface area contributed by atoms with E-state index in [0.717, 1.165) is 10.6 Å². The van der Waals surface area contributed by atoms with Crippen molar-refractivity contribution in [1.29, 1.82) is 0 Å². The lowest BCUT2D eigenvalue weighted by Gasteiger charge is -2.17. The minimum atomic E-state index is -0.563. The van der Waals surface area contributed by atoms with Crippen molar-refractivity contribution in [1.82, 2.24) is 10.2 Å². The van der Waals surface area contributed by atoms with E-state index in [9.17, 15) is 14.0 Å². The van der Waals surface area contributed by atoms with Crippen molar-refractivity contribution in [3.8, 4) is 0 Å². The van der Waals surface area contributed by atoms with E-state index in [1.165, 1.54) is 34.4 Å². The molecule has 0 spiro atoms. The van der Waals surface area contributed by atoms with Crippen LogP contribution >= 0.6 is 34.5 Å². The van der Waals surface area contributed by atoms with E-state index in [4.69, 9.17) is 23.2 Å². The van der Waals surface area contributed by atoms with Gasteiger partial charge in [-0.05, 0) is 35.9 Å². The van der Waals surface area contributed by atoms with E-state index in [0.29, 0.717) is 22.3 Å². The highest BCUT2D eigenvalue weighted by molar-refractivity contribution is 7.15. The number of nitrogens with zero attached hydrogens (tertiary/aromatic N) is 3. The summed E-state index contributed by atoms with van der Waals surface area (Å²) in [7, 11) is 0. The molecular weight excluding hydrogens is 450 g/mol. The first-order chi connectivity index (χ1) is 14.4. The highest BCUT2D eigenvalue weighted by Gasteiger charge is 2.35. The molecule has 2 aromatic carbocycles. The molecule has 0 aliphatic carbocycles. The van der Waals surface area contributed by atoms with Gasteiger partial charge < -0.3 is 10.2 Å². The van der Waals surface area contributed by atoms with Crippen molar-refractivity contribution in [2.45, 2.75) is 12.8 Å². The van der Waals surface area contributed by atoms with Gasteiger partial charge in [0.25, 0.3) is 0 Å². The molecule has 1 atom stereocenters. The van der Waals surface area contributed by atoms with Crippen LogP contribution in [0.1, 0.15) is 17.0 Å². The summed E-state index contributed by atoms with van der Waals surface area (Å²) in [6.45, 7) is 0.184. The summed E-state index contributed by atoms with van der Waals surface area (Å²) in [6.07, 6.45) is 0.628. The number of hydrogen-bond acceptors (Lipinski definition) is 5. The second-order valence-corrected chi connectivity index (χ2v) is 8.70. The second kappa shape index (κ2) is 8.67. The van der Waals surface area contributed by atoms with Crippen LogP contribution in [0.5, 0.6) is 0 Å². The number of carbonyl (C=O) groups is 2. The van der Waals surface area contributed by atoms with Crippen molar-refractivity contribution in [2.24, 2.45) is 5.92 Å². The largest absolute Gasteiger partial charge is 0.312 e. The number of carbonyl (C=O) groups excluding carboxylic acids is 2. The van der Waals surface area contributed by atoms with Crippen LogP contribution in [0.4, 0.5) is 15.2 Å². The zero-order valence-electron chi connectivity index (χ0n) is 15.4. The Kier molecular flexibility index (Phi) is 5.99. The molecule has 154 valence electrons. The van der Waals surface area contributed by atoms with Crippen LogP contribution in [0.25, 0.3) is 0 Å². The summed E-state index contributed by atoms with van der Waals surface area (Å²) in [5, 5.41) is 12.6. The maximum Gasteiger partial charge on any atom is 0.231 e. The van der Waals surface area contributed by atoms with E-state index in [-0.39, 0.29) is 29.8 Å². The fourth-order valence-electron chi connectivity index (χ4n) is 3.15. The third kappa shape index (κ3) is 4.61. The summed E-state index contributed by atoms with van der Waals surface area (Å²) in [6, 6.07) is 11.5. The van der Waals surface area contributed by atoms with Crippen molar-refractivity contribution in [3.05, 3.63) is 68.9 Å². The maximum atomic E-state index is 13.4. The maximum absolute atomic E-state index is 13.4. The lowest BCUT2D eigenvalue weighted by atomic mass is 10.1. The van der Waals surface area contributed by atoms with Crippen LogP contribution in [0, 0.1) is 11.7 Å². The molecule has 10 heteroatoms. The van der Waals surface area contributed by atoms with E-state index in [2.05, 4.69) is 15.5 Å². The number of anilines is 2. The van der Waals surface area contributed by atoms with Gasteiger partial charge in [-0.1, -0.05) is 46.7 Å². The van der Waals surface area contributed by atoms with Gasteiger partial charge in [-0.3, -0.25) is 9.59 Å². The minimum absolute atomic E-state index is 0.0528. The Bertz CT molecular complexity index is 1110. The van der Waals surface area contributed by atoms with Crippen LogP contribution in [-0.2, 0) is 16.0 Å². The summed E-state index contributed by atoms with van der Waals surface area (Å²) < 4.78 is 13.4. The monoisotopic (exact) mass is 464 g/mol. The number of nitrogens with one attached hydrogen (secondary N) is 1. The first-order valence-electron chi connectivity index (χ1n) is 9.02. The smallest absolute Gasteiger partial charge is 0.231 e. The normalized spacial score (nSPS) is 16.2. The molecule has 1 aromatic heterocycles. The SMILES string of the molecule is O=C(Nc1nnc(Cc2ccc(Cl)cc2)s1)C1CC(=O)N(c2ccc(F)c(Cl)c2)C1. The first-order valence-corrected chi connectivity index (χ1v) is 10.6. The molecule has 2 amide bonds. The Morgan fingerprint density at radius 3 is 2.70 bits per heavy atom. The summed E-state index contributed by atoms with van der Waals surface area (Å²) in [5.41, 5.74) is 1.49. The van der Waals surface area contributed by atoms with E-state index >= 15 is 0 Å². The number of halogens is 3. The highest BCUT2D eigenvalue weighted by Crippen LogP contribution is 2.29. The average Bonchev–Trinajstić information content (AvgIpc) is 3.32. The van der Waals surface area contributed by atoms with Crippen molar-refractivity contribution < 1.29 is 14.0 Å². The molecule has 0 radical (unpaired) electrons. The molecule has 3 aromatic rings. The third-order valence-corrected chi connectivity index (χ3v) is 6.06. The summed E-state index contributed by atoms with van der Waals surface area (Å²) in [5.74, 6) is -1.65. The van der Waals surface area contributed by atoms with Crippen molar-refractivity contribution in [3.63, 3.8) is 0 Å². The average molecular weight is 465 g/mol. The Morgan fingerprint density at radius 2 is 1.97 bits per heavy atom. The minimum Gasteiger partial charge on any atom is -0.312 e. The first kappa shape index (κ1) is 20.7. The molecule has 30 heavy (non-hydrogen) atoms. The van der Waals surface area contributed by atoms with E-state index in [1.807, 2.05) is 12.1 Å². The number of benzene rings is 2. The van der Waals surface area contributed by atoms with E-state index in [1.54, 1.807) is 12.1 Å². The zero-order chi connectivity index (χ0) is 21.3. The van der Waals surface area contributed by atoms with E-state index < -0.39 is 11.7 Å². The van der Waals surface area contributed by atoms with Gasteiger partial charge in [0.05, 0.1) is 10.9 Å². The van der Waals surface area contributed by atoms with Gasteiger partial charge in [-0.25, -0.2) is 4.39 Å². The predicted molar refractivity (Wildman–Crippen MR) is 115 cm³/mol. The van der Waals surface area contributed by atoms with Crippen LogP contribution in [0.3, 0.4) is 0 Å². The van der Waals surface area contributed by atoms with Gasteiger partial charge in [0.1, 0.15) is 10.8 Å². The Hall–Kier alpha value is -2.55. The molecule has 0 bridgehead atoms. The van der Waals surface area contributed by atoms with Crippen LogP contribution in [0.2, 0.25) is 10.0 Å². The molecular formula is C20H15Cl2FN4O2S. The van der Waals surface area contributed by atoms with Crippen LogP contribution in [-0.4, -0.2) is 28.6 Å². The molecule has 1 saturated heterocycles. The third-order valence-electron chi connectivity index (χ3n) is 4.68. The molecule has 1 unspecified atom stereocenters. The van der Waals surface area contributed by atoms with Gasteiger partial charge in [-0.2, -0.15) is 0 Å². The number of hydrogen-bond donors (Lipinski definition) is 1. The molecule has 2 heterocycles. The van der Waals surface area contributed by atoms with Crippen LogP contribution in [0.15, 0.2) is 42.5 Å². The molecule has 1 fully saturated rings. The molecule has 1 aliphatic rings. The summed E-state index contributed by atoms with van der Waals surface area (Å²) >= 11 is 13.0. The van der Waals surface area contributed by atoms with Gasteiger partial charge in [0, 0.05) is 30.1 Å². The van der Waals surface area contributed by atoms with Gasteiger partial charge in [0.2, 0.25) is 16.9 Å². The van der Waals surface area contributed by atoms with Gasteiger partial charge in [0.15, 0.2) is 0 Å². The molecule has 6 nitrogen and oxygen atoms in total. The number of amides is 2.